The van der Waals surface area contributed by atoms with E-state index in [9.17, 15) is 14.4 Å². The number of nitrogens with two attached hydrogens (primary N) is 1. The fraction of sp³-hybridized carbons (Fsp3) is 0.167. The summed E-state index contributed by atoms with van der Waals surface area (Å²) in [5.74, 6) is -1.68. The Hall–Kier alpha value is -2.97. The Bertz CT molecular complexity index is 959. The Balaban J connectivity index is 0.000000203. The Morgan fingerprint density at radius 2 is 1.64 bits per heavy atom. The second-order valence-electron chi connectivity index (χ2n) is 5.45. The average molecular weight is 428 g/mol. The van der Waals surface area contributed by atoms with Crippen LogP contribution in [0.5, 0.6) is 11.5 Å². The fourth-order valence-corrected chi connectivity index (χ4v) is 2.85. The zero-order valence-electron chi connectivity index (χ0n) is 14.7. The second kappa shape index (κ2) is 8.81. The van der Waals surface area contributed by atoms with Gasteiger partial charge in [0.15, 0.2) is 0 Å². The van der Waals surface area contributed by atoms with E-state index >= 15 is 0 Å². The minimum Gasteiger partial charge on any atom is -0.496 e. The highest BCUT2D eigenvalue weighted by Gasteiger charge is 2.28. The summed E-state index contributed by atoms with van der Waals surface area (Å²) in [6.45, 7) is 0. The van der Waals surface area contributed by atoms with Gasteiger partial charge in [0.1, 0.15) is 11.5 Å². The summed E-state index contributed by atoms with van der Waals surface area (Å²) in [5, 5.41) is 9.37. The van der Waals surface area contributed by atoms with Crippen LogP contribution in [0.2, 0.25) is 10.0 Å². The van der Waals surface area contributed by atoms with Crippen LogP contribution in [-0.4, -0.2) is 37.2 Å². The topological polar surface area (TPSA) is 125 Å². The number of hydrogen-bond acceptors (Lipinski definition) is 7. The number of ether oxygens (including phenoxy) is 3. The average Bonchev–Trinajstić information content (AvgIpc) is 2.63. The van der Waals surface area contributed by atoms with E-state index in [1.165, 1.54) is 32.4 Å². The minimum absolute atomic E-state index is 0.0292. The van der Waals surface area contributed by atoms with Crippen molar-refractivity contribution in [2.75, 3.05) is 20.0 Å². The molecule has 0 atom stereocenters. The van der Waals surface area contributed by atoms with Crippen molar-refractivity contribution < 1.29 is 33.7 Å². The van der Waals surface area contributed by atoms with Crippen molar-refractivity contribution in [3.63, 3.8) is 0 Å². The monoisotopic (exact) mass is 427 g/mol. The molecule has 10 heteroatoms. The summed E-state index contributed by atoms with van der Waals surface area (Å²) in [6, 6.07) is 5.77. The number of carboxylic acid groups (broad SMARTS) is 1. The van der Waals surface area contributed by atoms with Gasteiger partial charge >= 0.3 is 17.9 Å². The quantitative estimate of drug-likeness (QED) is 0.434. The number of methoxy groups -OCH3 is 2. The molecule has 1 aliphatic rings. The standard InChI is InChI=1S/C10H7ClO4.C8H8ClNO3/c1-14-8-3-5(11)2-7-6(8)4-9(12)15-10(7)13;1-13-6-3-4(9)2-5(7(6)10)8(11)12/h2-3H,4H2,1H3;2-3H,10H2,1H3,(H,11,12). The van der Waals surface area contributed by atoms with E-state index in [4.69, 9.17) is 43.5 Å². The number of esters is 2. The molecule has 0 fully saturated rings. The highest BCUT2D eigenvalue weighted by molar-refractivity contribution is 6.31. The molecule has 2 aromatic rings. The van der Waals surface area contributed by atoms with Crippen LogP contribution < -0.4 is 15.2 Å². The molecule has 0 saturated heterocycles. The van der Waals surface area contributed by atoms with Crippen molar-refractivity contribution in [1.82, 2.24) is 0 Å². The molecule has 0 amide bonds. The number of aromatic carboxylic acids is 1. The minimum atomic E-state index is -1.13. The molecule has 0 unspecified atom stereocenters. The number of anilines is 1. The van der Waals surface area contributed by atoms with E-state index in [-0.39, 0.29) is 28.4 Å². The van der Waals surface area contributed by atoms with Gasteiger partial charge in [0.2, 0.25) is 0 Å². The molecule has 28 heavy (non-hydrogen) atoms. The van der Waals surface area contributed by atoms with Crippen LogP contribution in [0.15, 0.2) is 24.3 Å². The van der Waals surface area contributed by atoms with Crippen molar-refractivity contribution in [1.29, 1.82) is 0 Å². The maximum Gasteiger partial charge on any atom is 0.346 e. The van der Waals surface area contributed by atoms with Gasteiger partial charge in [-0.2, -0.15) is 0 Å². The molecule has 3 rings (SSSR count). The number of cyclic esters (lactones) is 2. The van der Waals surface area contributed by atoms with Gasteiger partial charge in [-0.1, -0.05) is 23.2 Å². The van der Waals surface area contributed by atoms with Crippen molar-refractivity contribution in [2.24, 2.45) is 0 Å². The van der Waals surface area contributed by atoms with Gasteiger partial charge in [-0.3, -0.25) is 4.79 Å². The first-order valence-corrected chi connectivity index (χ1v) is 8.41. The first-order chi connectivity index (χ1) is 13.2. The Morgan fingerprint density at radius 3 is 2.21 bits per heavy atom. The Kier molecular flexibility index (Phi) is 6.71. The normalized spacial score (nSPS) is 12.3. The molecule has 3 N–H and O–H groups in total. The Morgan fingerprint density at radius 1 is 1.07 bits per heavy atom. The lowest BCUT2D eigenvalue weighted by atomic mass is 10.0. The third-order valence-electron chi connectivity index (χ3n) is 3.70. The summed E-state index contributed by atoms with van der Waals surface area (Å²) in [4.78, 5) is 33.1. The number of rotatable bonds is 3. The first-order valence-electron chi connectivity index (χ1n) is 7.65. The van der Waals surface area contributed by atoms with E-state index in [2.05, 4.69) is 4.74 Å². The van der Waals surface area contributed by atoms with E-state index in [0.29, 0.717) is 21.9 Å². The smallest absolute Gasteiger partial charge is 0.346 e. The van der Waals surface area contributed by atoms with Crippen LogP contribution in [-0.2, 0) is 16.0 Å². The summed E-state index contributed by atoms with van der Waals surface area (Å²) in [6.07, 6.45) is 0.0292. The maximum atomic E-state index is 11.4. The van der Waals surface area contributed by atoms with E-state index < -0.39 is 17.9 Å². The molecule has 8 nitrogen and oxygen atoms in total. The second-order valence-corrected chi connectivity index (χ2v) is 6.32. The number of fused-ring (bicyclic) bond motifs is 1. The zero-order chi connectivity index (χ0) is 21.0. The Labute approximate surface area is 169 Å². The zero-order valence-corrected chi connectivity index (χ0v) is 16.3. The summed E-state index contributed by atoms with van der Waals surface area (Å²) in [5.41, 5.74) is 6.35. The first kappa shape index (κ1) is 21.3. The van der Waals surface area contributed by atoms with Gasteiger partial charge in [-0.15, -0.1) is 0 Å². The summed E-state index contributed by atoms with van der Waals surface area (Å²) >= 11 is 11.4. The van der Waals surface area contributed by atoms with Gasteiger partial charge in [-0.25, -0.2) is 9.59 Å². The van der Waals surface area contributed by atoms with Gasteiger partial charge < -0.3 is 25.1 Å². The molecular formula is C18H15Cl2NO7. The SMILES string of the molecule is COc1cc(Cl)cc(C(=O)O)c1N.COc1cc(Cl)cc2c1CC(=O)OC2=O. The largest absolute Gasteiger partial charge is 0.496 e. The summed E-state index contributed by atoms with van der Waals surface area (Å²) in [7, 11) is 2.85. The van der Waals surface area contributed by atoms with Crippen LogP contribution in [0.25, 0.3) is 0 Å². The van der Waals surface area contributed by atoms with Gasteiger partial charge in [0, 0.05) is 21.7 Å². The number of halogens is 2. The molecule has 0 aromatic heterocycles. The molecule has 0 aliphatic carbocycles. The number of hydrogen-bond donors (Lipinski definition) is 2. The molecule has 0 bridgehead atoms. The van der Waals surface area contributed by atoms with Crippen molar-refractivity contribution in [3.8, 4) is 11.5 Å². The highest BCUT2D eigenvalue weighted by Crippen LogP contribution is 2.31. The van der Waals surface area contributed by atoms with Crippen molar-refractivity contribution in [3.05, 3.63) is 51.0 Å². The molecule has 0 spiro atoms. The molecule has 1 aliphatic heterocycles. The highest BCUT2D eigenvalue weighted by atomic mass is 35.5. The number of carbonyl (C=O) groups is 3. The van der Waals surface area contributed by atoms with Crippen LogP contribution >= 0.6 is 23.2 Å². The molecule has 0 radical (unpaired) electrons. The lowest BCUT2D eigenvalue weighted by Crippen LogP contribution is -2.23. The number of benzene rings is 2. The number of nitrogen functional groups attached to an aromatic ring is 1. The lowest BCUT2D eigenvalue weighted by molar-refractivity contribution is -0.137. The van der Waals surface area contributed by atoms with Crippen LogP contribution in [0.3, 0.4) is 0 Å². The van der Waals surface area contributed by atoms with E-state index in [0.717, 1.165) is 0 Å². The van der Waals surface area contributed by atoms with E-state index in [1.54, 1.807) is 6.07 Å². The maximum absolute atomic E-state index is 11.4. The fourth-order valence-electron chi connectivity index (χ4n) is 2.44. The number of carboxylic acids is 1. The lowest BCUT2D eigenvalue weighted by Gasteiger charge is -2.17. The van der Waals surface area contributed by atoms with Crippen LogP contribution in [0.4, 0.5) is 5.69 Å². The molecule has 0 saturated carbocycles. The molecule has 148 valence electrons. The molecule has 2 aromatic carbocycles. The predicted octanol–water partition coefficient (Wildman–Crippen LogP) is 3.22. The third-order valence-corrected chi connectivity index (χ3v) is 4.13. The van der Waals surface area contributed by atoms with E-state index in [1.807, 2.05) is 0 Å². The van der Waals surface area contributed by atoms with Crippen molar-refractivity contribution >= 4 is 46.8 Å². The van der Waals surface area contributed by atoms with Crippen LogP contribution in [0.1, 0.15) is 26.3 Å². The molecule has 1 heterocycles. The van der Waals surface area contributed by atoms with Gasteiger partial charge in [0.05, 0.1) is 37.5 Å². The van der Waals surface area contributed by atoms with Crippen LogP contribution in [0, 0.1) is 0 Å². The van der Waals surface area contributed by atoms with Gasteiger partial charge in [0.25, 0.3) is 0 Å². The third kappa shape index (κ3) is 4.65. The van der Waals surface area contributed by atoms with Gasteiger partial charge in [-0.05, 0) is 18.2 Å². The van der Waals surface area contributed by atoms with Crippen molar-refractivity contribution in [2.45, 2.75) is 6.42 Å². The predicted molar refractivity (Wildman–Crippen MR) is 102 cm³/mol. The summed E-state index contributed by atoms with van der Waals surface area (Å²) < 4.78 is 14.4. The molecular weight excluding hydrogens is 413 g/mol. The number of carbonyl (C=O) groups excluding carboxylic acids is 2.